The first-order valence-corrected chi connectivity index (χ1v) is 8.48. The van der Waals surface area contributed by atoms with Crippen LogP contribution >= 0.6 is 23.8 Å². The van der Waals surface area contributed by atoms with Gasteiger partial charge in [0.05, 0.1) is 17.7 Å². The summed E-state index contributed by atoms with van der Waals surface area (Å²) in [6.07, 6.45) is -5.45. The van der Waals surface area contributed by atoms with E-state index in [9.17, 15) is 23.1 Å². The Balaban J connectivity index is 2.36. The first-order chi connectivity index (χ1) is 13.0. The molecular weight excluding hydrogens is 421 g/mol. The first-order valence-electron chi connectivity index (χ1n) is 7.69. The number of thiocarbonyl (C=S) groups is 1. The lowest BCUT2D eigenvalue weighted by Gasteiger charge is -2.16. The third-order valence-electron chi connectivity index (χ3n) is 3.50. The molecule has 0 saturated heterocycles. The highest BCUT2D eigenvalue weighted by Crippen LogP contribution is 2.37. The van der Waals surface area contributed by atoms with Gasteiger partial charge in [-0.3, -0.25) is 0 Å². The van der Waals surface area contributed by atoms with Crippen molar-refractivity contribution in [1.82, 2.24) is 0 Å². The molecule has 1 atom stereocenters. The number of ether oxygens (including phenoxy) is 3. The van der Waals surface area contributed by atoms with Gasteiger partial charge in [-0.05, 0) is 49.5 Å². The summed E-state index contributed by atoms with van der Waals surface area (Å²) in [5, 5.41) is 8.66. The van der Waals surface area contributed by atoms with Crippen LogP contribution in [0, 0.1) is 0 Å². The number of rotatable bonds is 6. The summed E-state index contributed by atoms with van der Waals surface area (Å²) in [4.78, 5) is 11.9. The Morgan fingerprint density at radius 1 is 1.18 bits per heavy atom. The van der Waals surface area contributed by atoms with E-state index < -0.39 is 28.9 Å². The second-order valence-corrected chi connectivity index (χ2v) is 6.32. The van der Waals surface area contributed by atoms with Crippen LogP contribution in [-0.4, -0.2) is 29.3 Å². The molecular formula is C18H14ClF3O5S. The predicted octanol–water partition coefficient (Wildman–Crippen LogP) is 5.59. The number of benzene rings is 2. The third-order valence-corrected chi connectivity index (χ3v) is 4.12. The number of aliphatic hydroxyl groups is 1. The Kier molecular flexibility index (Phi) is 6.73. The van der Waals surface area contributed by atoms with Gasteiger partial charge in [-0.15, -0.1) is 0 Å². The van der Waals surface area contributed by atoms with E-state index in [0.29, 0.717) is 0 Å². The number of hydrogen-bond donors (Lipinski definition) is 1. The Hall–Kier alpha value is -2.52. The normalized spacial score (nSPS) is 12.2. The van der Waals surface area contributed by atoms with Gasteiger partial charge in [0.2, 0.25) is 0 Å². The van der Waals surface area contributed by atoms with Gasteiger partial charge in [-0.25, -0.2) is 4.79 Å². The fraction of sp³-hybridized carbons (Fsp3) is 0.222. The van der Waals surface area contributed by atoms with Crippen LogP contribution in [-0.2, 0) is 10.9 Å². The summed E-state index contributed by atoms with van der Waals surface area (Å²) in [5.41, 5.74) is -0.878. The molecule has 5 nitrogen and oxygen atoms in total. The molecule has 0 aromatic heterocycles. The number of halogens is 4. The quantitative estimate of drug-likeness (QED) is 0.472. The minimum atomic E-state index is -4.54. The molecule has 0 aliphatic rings. The molecule has 150 valence electrons. The Morgan fingerprint density at radius 2 is 1.86 bits per heavy atom. The fourth-order valence-corrected chi connectivity index (χ4v) is 2.34. The highest BCUT2D eigenvalue weighted by molar-refractivity contribution is 7.80. The molecule has 10 heteroatoms. The molecule has 0 fully saturated rings. The third kappa shape index (κ3) is 5.26. The first kappa shape index (κ1) is 21.8. The molecule has 2 aromatic rings. The summed E-state index contributed by atoms with van der Waals surface area (Å²) in [6, 6.07) is 6.66. The molecule has 2 aromatic carbocycles. The molecule has 0 amide bonds. The van der Waals surface area contributed by atoms with Gasteiger partial charge < -0.3 is 19.3 Å². The molecule has 0 radical (unpaired) electrons. The number of hydrogen-bond acceptors (Lipinski definition) is 5. The molecule has 0 heterocycles. The van der Waals surface area contributed by atoms with Crippen LogP contribution in [0.25, 0.3) is 0 Å². The molecule has 0 bridgehead atoms. The average Bonchev–Trinajstić information content (AvgIpc) is 2.62. The van der Waals surface area contributed by atoms with E-state index in [1.54, 1.807) is 0 Å². The van der Waals surface area contributed by atoms with Crippen molar-refractivity contribution in [2.45, 2.75) is 19.2 Å². The van der Waals surface area contributed by atoms with Crippen molar-refractivity contribution < 1.29 is 37.3 Å². The molecule has 28 heavy (non-hydrogen) atoms. The van der Waals surface area contributed by atoms with Crippen molar-refractivity contribution in [2.75, 3.05) is 7.11 Å². The molecule has 0 saturated carbocycles. The zero-order valence-corrected chi connectivity index (χ0v) is 16.1. The SMILES string of the molecule is COC(=O)c1ccc(Oc2ccc(C(F)(F)F)cc2Cl)cc1OC(C)C(O)=S. The summed E-state index contributed by atoms with van der Waals surface area (Å²) >= 11 is 10.5. The number of carbonyl (C=O) groups excluding carboxylic acids is 1. The number of carbonyl (C=O) groups is 1. The van der Waals surface area contributed by atoms with Gasteiger partial charge in [0.1, 0.15) is 22.8 Å². The molecule has 0 spiro atoms. The van der Waals surface area contributed by atoms with Crippen molar-refractivity contribution in [3.63, 3.8) is 0 Å². The zero-order valence-electron chi connectivity index (χ0n) is 14.5. The minimum absolute atomic E-state index is 0.00344. The van der Waals surface area contributed by atoms with E-state index >= 15 is 0 Å². The molecule has 0 aliphatic carbocycles. The van der Waals surface area contributed by atoms with Crippen LogP contribution in [0.2, 0.25) is 5.02 Å². The number of esters is 1. The largest absolute Gasteiger partial charge is 0.499 e. The van der Waals surface area contributed by atoms with Crippen LogP contribution in [0.15, 0.2) is 36.4 Å². The Bertz CT molecular complexity index is 901. The van der Waals surface area contributed by atoms with Crippen LogP contribution in [0.5, 0.6) is 17.2 Å². The van der Waals surface area contributed by atoms with E-state index in [-0.39, 0.29) is 27.8 Å². The summed E-state index contributed by atoms with van der Waals surface area (Å²) in [7, 11) is 1.18. The number of aliphatic hydroxyl groups excluding tert-OH is 1. The lowest BCUT2D eigenvalue weighted by atomic mass is 10.2. The second-order valence-electron chi connectivity index (χ2n) is 5.49. The number of methoxy groups -OCH3 is 1. The van der Waals surface area contributed by atoms with Crippen LogP contribution in [0.3, 0.4) is 0 Å². The smallest absolute Gasteiger partial charge is 0.416 e. The van der Waals surface area contributed by atoms with Crippen molar-refractivity contribution in [3.05, 3.63) is 52.5 Å². The summed E-state index contributed by atoms with van der Waals surface area (Å²) in [5.74, 6) is -0.612. The minimum Gasteiger partial charge on any atom is -0.499 e. The molecule has 0 aliphatic heterocycles. The lowest BCUT2D eigenvalue weighted by Crippen LogP contribution is -2.22. The van der Waals surface area contributed by atoms with Gasteiger partial charge in [0, 0.05) is 6.07 Å². The Morgan fingerprint density at radius 3 is 2.39 bits per heavy atom. The fourth-order valence-electron chi connectivity index (χ4n) is 2.07. The highest BCUT2D eigenvalue weighted by Gasteiger charge is 2.31. The zero-order chi connectivity index (χ0) is 21.1. The van der Waals surface area contributed by atoms with E-state index in [0.717, 1.165) is 18.2 Å². The molecule has 1 N–H and O–H groups in total. The Labute approximate surface area is 168 Å². The van der Waals surface area contributed by atoms with Gasteiger partial charge in [-0.1, -0.05) is 11.6 Å². The van der Waals surface area contributed by atoms with E-state index in [1.807, 2.05) is 0 Å². The standard InChI is InChI=1S/C18H14ClF3O5S/c1-9(17(24)28)26-15-8-11(4-5-12(15)16(23)25-2)27-14-6-3-10(7-13(14)19)18(20,21)22/h3-9H,1-2H3,(H,24,28). The van der Waals surface area contributed by atoms with Crippen molar-refractivity contribution in [1.29, 1.82) is 0 Å². The van der Waals surface area contributed by atoms with Gasteiger partial charge in [-0.2, -0.15) is 13.2 Å². The molecule has 2 rings (SSSR count). The van der Waals surface area contributed by atoms with Crippen molar-refractivity contribution >= 4 is 34.8 Å². The van der Waals surface area contributed by atoms with E-state index in [4.69, 9.17) is 21.1 Å². The van der Waals surface area contributed by atoms with E-state index in [1.165, 1.54) is 32.2 Å². The maximum absolute atomic E-state index is 12.7. The number of alkyl halides is 3. The van der Waals surface area contributed by atoms with Gasteiger partial charge in [0.15, 0.2) is 11.2 Å². The highest BCUT2D eigenvalue weighted by atomic mass is 35.5. The van der Waals surface area contributed by atoms with Crippen LogP contribution in [0.4, 0.5) is 13.2 Å². The second kappa shape index (κ2) is 8.66. The topological polar surface area (TPSA) is 65.0 Å². The maximum Gasteiger partial charge on any atom is 0.416 e. The van der Waals surface area contributed by atoms with Crippen molar-refractivity contribution in [2.24, 2.45) is 0 Å². The molecule has 1 unspecified atom stereocenters. The predicted molar refractivity (Wildman–Crippen MR) is 99.6 cm³/mol. The monoisotopic (exact) mass is 434 g/mol. The van der Waals surface area contributed by atoms with Gasteiger partial charge >= 0.3 is 12.1 Å². The van der Waals surface area contributed by atoms with E-state index in [2.05, 4.69) is 17.0 Å². The summed E-state index contributed by atoms with van der Waals surface area (Å²) < 4.78 is 53.8. The average molecular weight is 435 g/mol. The van der Waals surface area contributed by atoms with Crippen LogP contribution < -0.4 is 9.47 Å². The summed E-state index contributed by atoms with van der Waals surface area (Å²) in [6.45, 7) is 1.46. The van der Waals surface area contributed by atoms with Crippen LogP contribution in [0.1, 0.15) is 22.8 Å². The lowest BCUT2D eigenvalue weighted by molar-refractivity contribution is -0.137. The van der Waals surface area contributed by atoms with Gasteiger partial charge in [0.25, 0.3) is 0 Å². The maximum atomic E-state index is 12.7. The van der Waals surface area contributed by atoms with Crippen molar-refractivity contribution in [3.8, 4) is 17.2 Å².